The summed E-state index contributed by atoms with van der Waals surface area (Å²) in [4.78, 5) is 6.78. The van der Waals surface area contributed by atoms with Gasteiger partial charge in [0, 0.05) is 39.0 Å². The van der Waals surface area contributed by atoms with Crippen LogP contribution in [0.2, 0.25) is 0 Å². The molecule has 1 aromatic rings. The molecule has 4 nitrogen and oxygen atoms in total. The Hall–Kier alpha value is -1.13. The maximum Gasteiger partial charge on any atom is 0.128 e. The number of nitrogens with zero attached hydrogens (tertiary/aromatic N) is 2. The van der Waals surface area contributed by atoms with Gasteiger partial charge < -0.3 is 15.0 Å². The van der Waals surface area contributed by atoms with E-state index in [4.69, 9.17) is 4.74 Å². The third-order valence-electron chi connectivity index (χ3n) is 4.12. The van der Waals surface area contributed by atoms with E-state index in [0.29, 0.717) is 6.10 Å². The van der Waals surface area contributed by atoms with E-state index < -0.39 is 0 Å². The third-order valence-corrected chi connectivity index (χ3v) is 4.12. The Morgan fingerprint density at radius 3 is 2.85 bits per heavy atom. The van der Waals surface area contributed by atoms with Crippen molar-refractivity contribution in [2.75, 3.05) is 25.1 Å². The molecule has 1 aliphatic carbocycles. The zero-order valence-electron chi connectivity index (χ0n) is 12.3. The Kier molecular flexibility index (Phi) is 4.53. The zero-order chi connectivity index (χ0) is 13.8. The highest BCUT2D eigenvalue weighted by molar-refractivity contribution is 5.38. The highest BCUT2D eigenvalue weighted by atomic mass is 16.5. The monoisotopic (exact) mass is 275 g/mol. The summed E-state index contributed by atoms with van der Waals surface area (Å²) in [5.41, 5.74) is 1.27. The minimum atomic E-state index is 0.367. The van der Waals surface area contributed by atoms with Gasteiger partial charge in [0.15, 0.2) is 0 Å². The van der Waals surface area contributed by atoms with Crippen LogP contribution in [-0.4, -0.2) is 37.3 Å². The van der Waals surface area contributed by atoms with Crippen molar-refractivity contribution in [2.24, 2.45) is 0 Å². The molecule has 2 fully saturated rings. The standard InChI is InChI=1S/C16H25N3O/c1-19(12-15-4-2-3-9-20-15)16-8-5-13(11-18-16)10-17-14-6-7-14/h5,8,11,14-15,17H,2-4,6-7,9-10,12H2,1H3. The number of pyridine rings is 1. The zero-order valence-corrected chi connectivity index (χ0v) is 12.3. The molecule has 1 aromatic heterocycles. The molecule has 0 amide bonds. The van der Waals surface area contributed by atoms with Gasteiger partial charge in [0.25, 0.3) is 0 Å². The second-order valence-corrected chi connectivity index (χ2v) is 6.05. The van der Waals surface area contributed by atoms with Crippen LogP contribution in [0.1, 0.15) is 37.7 Å². The smallest absolute Gasteiger partial charge is 0.128 e. The molecule has 1 N–H and O–H groups in total. The number of rotatable bonds is 6. The van der Waals surface area contributed by atoms with Crippen LogP contribution < -0.4 is 10.2 Å². The lowest BCUT2D eigenvalue weighted by molar-refractivity contribution is 0.0215. The molecule has 4 heteroatoms. The molecular weight excluding hydrogens is 250 g/mol. The van der Waals surface area contributed by atoms with Gasteiger partial charge in [-0.15, -0.1) is 0 Å². The Morgan fingerprint density at radius 1 is 1.30 bits per heavy atom. The summed E-state index contributed by atoms with van der Waals surface area (Å²) in [5, 5.41) is 3.51. The number of likely N-dealkylation sites (N-methyl/N-ethyl adjacent to an activating group) is 1. The normalized spacial score (nSPS) is 22.8. The SMILES string of the molecule is CN(CC1CCCCO1)c1ccc(CNC2CC2)cn1. The van der Waals surface area contributed by atoms with Crippen molar-refractivity contribution < 1.29 is 4.74 Å². The predicted molar refractivity (Wildman–Crippen MR) is 81.0 cm³/mol. The molecule has 0 bridgehead atoms. The first kappa shape index (κ1) is 13.8. The molecule has 0 spiro atoms. The molecular formula is C16H25N3O. The average molecular weight is 275 g/mol. The van der Waals surface area contributed by atoms with E-state index in [9.17, 15) is 0 Å². The van der Waals surface area contributed by atoms with Crippen molar-refractivity contribution in [3.05, 3.63) is 23.9 Å². The number of hydrogen-bond donors (Lipinski definition) is 1. The Balaban J connectivity index is 1.49. The molecule has 20 heavy (non-hydrogen) atoms. The van der Waals surface area contributed by atoms with Gasteiger partial charge in [0.2, 0.25) is 0 Å². The summed E-state index contributed by atoms with van der Waals surface area (Å²) >= 11 is 0. The van der Waals surface area contributed by atoms with Crippen molar-refractivity contribution in [1.82, 2.24) is 10.3 Å². The predicted octanol–water partition coefficient (Wildman–Crippen LogP) is 2.34. The first-order chi connectivity index (χ1) is 9.81. The minimum absolute atomic E-state index is 0.367. The lowest BCUT2D eigenvalue weighted by Gasteiger charge is -2.28. The van der Waals surface area contributed by atoms with Gasteiger partial charge in [-0.2, -0.15) is 0 Å². The maximum atomic E-state index is 5.79. The Labute approximate surface area is 121 Å². The molecule has 1 aliphatic heterocycles. The summed E-state index contributed by atoms with van der Waals surface area (Å²) in [6.07, 6.45) is 8.69. The van der Waals surface area contributed by atoms with Gasteiger partial charge in [-0.1, -0.05) is 6.07 Å². The average Bonchev–Trinajstić information content (AvgIpc) is 3.31. The van der Waals surface area contributed by atoms with Gasteiger partial charge in [-0.05, 0) is 43.7 Å². The molecule has 0 aromatic carbocycles. The highest BCUT2D eigenvalue weighted by Gasteiger charge is 2.20. The fraction of sp³-hybridized carbons (Fsp3) is 0.688. The fourth-order valence-corrected chi connectivity index (χ4v) is 2.65. The van der Waals surface area contributed by atoms with Crippen LogP contribution in [0, 0.1) is 0 Å². The fourth-order valence-electron chi connectivity index (χ4n) is 2.65. The van der Waals surface area contributed by atoms with E-state index in [0.717, 1.165) is 31.6 Å². The van der Waals surface area contributed by atoms with Crippen molar-refractivity contribution in [3.63, 3.8) is 0 Å². The molecule has 2 heterocycles. The Bertz CT molecular complexity index is 410. The highest BCUT2D eigenvalue weighted by Crippen LogP contribution is 2.20. The van der Waals surface area contributed by atoms with Crippen molar-refractivity contribution in [3.8, 4) is 0 Å². The second-order valence-electron chi connectivity index (χ2n) is 6.05. The van der Waals surface area contributed by atoms with Crippen LogP contribution in [0.3, 0.4) is 0 Å². The molecule has 110 valence electrons. The van der Waals surface area contributed by atoms with Crippen LogP contribution in [-0.2, 0) is 11.3 Å². The second kappa shape index (κ2) is 6.55. The van der Waals surface area contributed by atoms with E-state index in [1.54, 1.807) is 0 Å². The number of hydrogen-bond acceptors (Lipinski definition) is 4. The van der Waals surface area contributed by atoms with Crippen LogP contribution in [0.25, 0.3) is 0 Å². The molecule has 0 radical (unpaired) electrons. The van der Waals surface area contributed by atoms with Crippen LogP contribution in [0.15, 0.2) is 18.3 Å². The van der Waals surface area contributed by atoms with Gasteiger partial charge in [-0.3, -0.25) is 0 Å². The van der Waals surface area contributed by atoms with Crippen LogP contribution in [0.4, 0.5) is 5.82 Å². The largest absolute Gasteiger partial charge is 0.376 e. The Morgan fingerprint density at radius 2 is 2.20 bits per heavy atom. The van der Waals surface area contributed by atoms with Crippen molar-refractivity contribution in [2.45, 2.75) is 50.8 Å². The summed E-state index contributed by atoms with van der Waals surface area (Å²) in [6, 6.07) is 5.05. The lowest BCUT2D eigenvalue weighted by Crippen LogP contribution is -2.33. The topological polar surface area (TPSA) is 37.4 Å². The van der Waals surface area contributed by atoms with Crippen molar-refractivity contribution >= 4 is 5.82 Å². The van der Waals surface area contributed by atoms with Gasteiger partial charge in [0.05, 0.1) is 6.10 Å². The van der Waals surface area contributed by atoms with Crippen LogP contribution in [0.5, 0.6) is 0 Å². The molecule has 1 unspecified atom stereocenters. The van der Waals surface area contributed by atoms with Gasteiger partial charge in [0.1, 0.15) is 5.82 Å². The number of nitrogens with one attached hydrogen (secondary N) is 1. The quantitative estimate of drug-likeness (QED) is 0.864. The van der Waals surface area contributed by atoms with E-state index in [1.165, 1.54) is 37.7 Å². The van der Waals surface area contributed by atoms with Gasteiger partial charge >= 0.3 is 0 Å². The van der Waals surface area contributed by atoms with Crippen molar-refractivity contribution in [1.29, 1.82) is 0 Å². The summed E-state index contributed by atoms with van der Waals surface area (Å²) < 4.78 is 5.79. The summed E-state index contributed by atoms with van der Waals surface area (Å²) in [7, 11) is 2.10. The van der Waals surface area contributed by atoms with E-state index in [1.807, 2.05) is 6.20 Å². The molecule has 1 saturated carbocycles. The van der Waals surface area contributed by atoms with Gasteiger partial charge in [-0.25, -0.2) is 4.98 Å². The minimum Gasteiger partial charge on any atom is -0.376 e. The van der Waals surface area contributed by atoms with Crippen LogP contribution >= 0.6 is 0 Å². The first-order valence-corrected chi connectivity index (χ1v) is 7.82. The van der Waals surface area contributed by atoms with E-state index in [-0.39, 0.29) is 0 Å². The number of aromatic nitrogens is 1. The third kappa shape index (κ3) is 3.93. The maximum absolute atomic E-state index is 5.79. The number of anilines is 1. The van der Waals surface area contributed by atoms with E-state index >= 15 is 0 Å². The summed E-state index contributed by atoms with van der Waals surface area (Å²) in [5.74, 6) is 1.04. The summed E-state index contributed by atoms with van der Waals surface area (Å²) in [6.45, 7) is 2.79. The molecule has 3 rings (SSSR count). The molecule has 1 saturated heterocycles. The molecule has 1 atom stereocenters. The number of ether oxygens (including phenoxy) is 1. The lowest BCUT2D eigenvalue weighted by atomic mass is 10.1. The van der Waals surface area contributed by atoms with E-state index in [2.05, 4.69) is 34.4 Å². The first-order valence-electron chi connectivity index (χ1n) is 7.82. The molecule has 2 aliphatic rings.